The van der Waals surface area contributed by atoms with E-state index in [1.807, 2.05) is 18.2 Å². The summed E-state index contributed by atoms with van der Waals surface area (Å²) in [6.07, 6.45) is 3.32. The third-order valence-corrected chi connectivity index (χ3v) is 4.25. The van der Waals surface area contributed by atoms with Crippen molar-refractivity contribution < 1.29 is 9.59 Å². The van der Waals surface area contributed by atoms with Crippen LogP contribution in [0, 0.1) is 0 Å². The van der Waals surface area contributed by atoms with E-state index in [1.165, 1.54) is 5.56 Å². The number of nitrogens with zero attached hydrogens (tertiary/aromatic N) is 1. The molecule has 0 spiro atoms. The van der Waals surface area contributed by atoms with Crippen LogP contribution in [0.1, 0.15) is 36.8 Å². The number of hydrogen-bond acceptors (Lipinski definition) is 3. The largest absolute Gasteiger partial charge is 0.330 e. The van der Waals surface area contributed by atoms with Gasteiger partial charge in [-0.15, -0.1) is 0 Å². The first-order chi connectivity index (χ1) is 10.7. The molecule has 0 saturated heterocycles. The second kappa shape index (κ2) is 6.32. The van der Waals surface area contributed by atoms with E-state index in [-0.39, 0.29) is 18.2 Å². The first kappa shape index (κ1) is 14.8. The van der Waals surface area contributed by atoms with Gasteiger partial charge in [0.1, 0.15) is 6.42 Å². The van der Waals surface area contributed by atoms with E-state index in [0.29, 0.717) is 13.1 Å². The van der Waals surface area contributed by atoms with Gasteiger partial charge in [-0.3, -0.25) is 9.59 Å². The normalized spacial score (nSPS) is 17.8. The van der Waals surface area contributed by atoms with Crippen molar-refractivity contribution in [2.24, 2.45) is 5.73 Å². The molecular formula is C17H21N3O2. The van der Waals surface area contributed by atoms with Gasteiger partial charge in [0.15, 0.2) is 0 Å². The van der Waals surface area contributed by atoms with Gasteiger partial charge in [-0.05, 0) is 37.8 Å². The molecule has 0 radical (unpaired) electrons. The Hall–Kier alpha value is -2.14. The van der Waals surface area contributed by atoms with Gasteiger partial charge in [0.05, 0.1) is 5.70 Å². The zero-order valence-corrected chi connectivity index (χ0v) is 12.6. The zero-order chi connectivity index (χ0) is 15.5. The molecule has 5 nitrogen and oxygen atoms in total. The molecule has 1 heterocycles. The van der Waals surface area contributed by atoms with Gasteiger partial charge in [-0.2, -0.15) is 0 Å². The molecule has 0 saturated carbocycles. The average Bonchev–Trinajstić information content (AvgIpc) is 2.64. The Labute approximate surface area is 130 Å². The van der Waals surface area contributed by atoms with Gasteiger partial charge in [-0.1, -0.05) is 24.3 Å². The molecule has 2 amide bonds. The highest BCUT2D eigenvalue weighted by Crippen LogP contribution is 2.33. The SMILES string of the molecule is NCCCCN1C(=O)CC(=O)NC2=C1CCc1ccccc12. The molecule has 22 heavy (non-hydrogen) atoms. The van der Waals surface area contributed by atoms with E-state index >= 15 is 0 Å². The molecule has 1 aromatic rings. The minimum Gasteiger partial charge on any atom is -0.330 e. The van der Waals surface area contributed by atoms with Crippen LogP contribution in [0.3, 0.4) is 0 Å². The standard InChI is InChI=1S/C17H21N3O2/c18-9-3-4-10-20-14-8-7-12-5-1-2-6-13(12)17(14)19-15(21)11-16(20)22/h1-2,5-6H,3-4,7-11,18H2,(H,19,21). The number of fused-ring (bicyclic) bond motifs is 2. The van der Waals surface area contributed by atoms with E-state index in [0.717, 1.165) is 42.6 Å². The minimum absolute atomic E-state index is 0.0855. The molecule has 116 valence electrons. The minimum atomic E-state index is -0.226. The number of carbonyl (C=O) groups excluding carboxylic acids is 2. The van der Waals surface area contributed by atoms with Crippen LogP contribution in [0.5, 0.6) is 0 Å². The number of aryl methyl sites for hydroxylation is 1. The van der Waals surface area contributed by atoms with Gasteiger partial charge in [0.25, 0.3) is 0 Å². The van der Waals surface area contributed by atoms with Gasteiger partial charge in [0, 0.05) is 17.8 Å². The lowest BCUT2D eigenvalue weighted by Crippen LogP contribution is -2.32. The van der Waals surface area contributed by atoms with Crippen LogP contribution in [0.2, 0.25) is 0 Å². The van der Waals surface area contributed by atoms with Crippen molar-refractivity contribution in [3.8, 4) is 0 Å². The summed E-state index contributed by atoms with van der Waals surface area (Å²) in [6.45, 7) is 1.25. The van der Waals surface area contributed by atoms with Crippen LogP contribution in [0.25, 0.3) is 5.70 Å². The average molecular weight is 299 g/mol. The third kappa shape index (κ3) is 2.76. The van der Waals surface area contributed by atoms with Gasteiger partial charge < -0.3 is 16.0 Å². The Morgan fingerprint density at radius 1 is 1.14 bits per heavy atom. The molecule has 1 aliphatic carbocycles. The summed E-state index contributed by atoms with van der Waals surface area (Å²) >= 11 is 0. The number of amides is 2. The predicted molar refractivity (Wildman–Crippen MR) is 84.4 cm³/mol. The Balaban J connectivity index is 1.99. The lowest BCUT2D eigenvalue weighted by molar-refractivity contribution is -0.133. The molecular weight excluding hydrogens is 278 g/mol. The first-order valence-corrected chi connectivity index (χ1v) is 7.82. The number of allylic oxidation sites excluding steroid dienone is 1. The molecule has 0 aromatic heterocycles. The highest BCUT2D eigenvalue weighted by atomic mass is 16.2. The number of rotatable bonds is 4. The highest BCUT2D eigenvalue weighted by Gasteiger charge is 2.31. The van der Waals surface area contributed by atoms with Crippen LogP contribution in [-0.2, 0) is 16.0 Å². The predicted octanol–water partition coefficient (Wildman–Crippen LogP) is 1.39. The number of nitrogens with two attached hydrogens (primary N) is 1. The second-order valence-corrected chi connectivity index (χ2v) is 5.74. The lowest BCUT2D eigenvalue weighted by Gasteiger charge is -2.29. The van der Waals surface area contributed by atoms with Crippen molar-refractivity contribution in [1.29, 1.82) is 0 Å². The maximum atomic E-state index is 12.4. The number of unbranched alkanes of at least 4 members (excludes halogenated alkanes) is 1. The topological polar surface area (TPSA) is 75.4 Å². The van der Waals surface area contributed by atoms with E-state index in [1.54, 1.807) is 4.90 Å². The number of benzene rings is 1. The number of carbonyl (C=O) groups is 2. The van der Waals surface area contributed by atoms with Crippen molar-refractivity contribution in [3.63, 3.8) is 0 Å². The van der Waals surface area contributed by atoms with E-state index in [2.05, 4.69) is 11.4 Å². The van der Waals surface area contributed by atoms with Crippen molar-refractivity contribution in [1.82, 2.24) is 10.2 Å². The van der Waals surface area contributed by atoms with Crippen LogP contribution >= 0.6 is 0 Å². The van der Waals surface area contributed by atoms with Gasteiger partial charge in [0.2, 0.25) is 11.8 Å². The van der Waals surface area contributed by atoms with Crippen LogP contribution in [0.15, 0.2) is 30.0 Å². The van der Waals surface area contributed by atoms with Crippen LogP contribution in [0.4, 0.5) is 0 Å². The quantitative estimate of drug-likeness (QED) is 0.651. The molecule has 1 aromatic carbocycles. The molecule has 3 rings (SSSR count). The molecule has 0 bridgehead atoms. The summed E-state index contributed by atoms with van der Waals surface area (Å²) in [4.78, 5) is 26.2. The Morgan fingerprint density at radius 3 is 2.77 bits per heavy atom. The maximum absolute atomic E-state index is 12.4. The van der Waals surface area contributed by atoms with Crippen molar-refractivity contribution in [2.45, 2.75) is 32.1 Å². The third-order valence-electron chi connectivity index (χ3n) is 4.25. The molecule has 0 fully saturated rings. The summed E-state index contributed by atoms with van der Waals surface area (Å²) in [5.74, 6) is -0.338. The first-order valence-electron chi connectivity index (χ1n) is 7.82. The fraction of sp³-hybridized carbons (Fsp3) is 0.412. The highest BCUT2D eigenvalue weighted by molar-refractivity contribution is 6.04. The van der Waals surface area contributed by atoms with E-state index in [4.69, 9.17) is 5.73 Å². The Kier molecular flexibility index (Phi) is 4.24. The summed E-state index contributed by atoms with van der Waals surface area (Å²) in [6, 6.07) is 8.06. The van der Waals surface area contributed by atoms with Crippen molar-refractivity contribution in [2.75, 3.05) is 13.1 Å². The van der Waals surface area contributed by atoms with E-state index < -0.39 is 0 Å². The summed E-state index contributed by atoms with van der Waals surface area (Å²) in [7, 11) is 0. The van der Waals surface area contributed by atoms with Crippen LogP contribution in [-0.4, -0.2) is 29.8 Å². The van der Waals surface area contributed by atoms with Crippen molar-refractivity contribution >= 4 is 17.5 Å². The maximum Gasteiger partial charge on any atom is 0.236 e. The number of hydrogen-bond donors (Lipinski definition) is 2. The summed E-state index contributed by atoms with van der Waals surface area (Å²) < 4.78 is 0. The summed E-state index contributed by atoms with van der Waals surface area (Å²) in [5, 5.41) is 2.94. The molecule has 3 N–H and O–H groups in total. The second-order valence-electron chi connectivity index (χ2n) is 5.74. The number of nitrogens with one attached hydrogen (secondary N) is 1. The monoisotopic (exact) mass is 299 g/mol. The zero-order valence-electron chi connectivity index (χ0n) is 12.6. The van der Waals surface area contributed by atoms with Gasteiger partial charge >= 0.3 is 0 Å². The van der Waals surface area contributed by atoms with Crippen molar-refractivity contribution in [3.05, 3.63) is 41.1 Å². The molecule has 2 aliphatic rings. The molecule has 1 aliphatic heterocycles. The molecule has 5 heteroatoms. The van der Waals surface area contributed by atoms with E-state index in [9.17, 15) is 9.59 Å². The Morgan fingerprint density at radius 2 is 1.95 bits per heavy atom. The van der Waals surface area contributed by atoms with Crippen LogP contribution < -0.4 is 11.1 Å². The fourth-order valence-corrected chi connectivity index (χ4v) is 3.17. The summed E-state index contributed by atoms with van der Waals surface area (Å²) in [5.41, 5.74) is 9.56. The smallest absolute Gasteiger partial charge is 0.236 e. The van der Waals surface area contributed by atoms with Gasteiger partial charge in [-0.25, -0.2) is 0 Å². The molecule has 0 atom stereocenters. The lowest BCUT2D eigenvalue weighted by atomic mass is 9.92. The fourth-order valence-electron chi connectivity index (χ4n) is 3.17. The molecule has 0 unspecified atom stereocenters. The Bertz CT molecular complexity index is 637.